The van der Waals surface area contributed by atoms with Gasteiger partial charge in [-0.3, -0.25) is 4.79 Å². The number of amides is 2. The van der Waals surface area contributed by atoms with Crippen LogP contribution >= 0.6 is 11.6 Å². The Bertz CT molecular complexity index is 1170. The number of aromatic nitrogens is 2. The smallest absolute Gasteiger partial charge is 0.407 e. The highest BCUT2D eigenvalue weighted by atomic mass is 35.5. The molecule has 0 bridgehead atoms. The summed E-state index contributed by atoms with van der Waals surface area (Å²) in [6.07, 6.45) is -1.58. The maximum Gasteiger partial charge on any atom is 0.407 e. The lowest BCUT2D eigenvalue weighted by Crippen LogP contribution is -2.44. The lowest BCUT2D eigenvalue weighted by atomic mass is 10.1. The van der Waals surface area contributed by atoms with Crippen LogP contribution in [0, 0.1) is 0 Å². The molecule has 7 nitrogen and oxygen atoms in total. The standard InChI is InChI=1S/C24H26ClFN4O3/c1-24(2,3)33-23(32)27-12-18-11-17(26)13-30(18)22(31)15-6-9-19-20(10-15)29-21(28-19)14-4-7-16(25)8-5-14/h4-10,17-18H,11-13H2,1-3H3,(H,27,32)(H,28,29)/t17-,18-/m0/s1. The minimum atomic E-state index is -1.15. The molecule has 3 aromatic rings. The van der Waals surface area contributed by atoms with Crippen molar-refractivity contribution in [3.8, 4) is 11.4 Å². The summed E-state index contributed by atoms with van der Waals surface area (Å²) in [4.78, 5) is 34.4. The number of imidazole rings is 1. The van der Waals surface area contributed by atoms with Crippen molar-refractivity contribution in [3.05, 3.63) is 53.1 Å². The van der Waals surface area contributed by atoms with E-state index in [4.69, 9.17) is 16.3 Å². The monoisotopic (exact) mass is 472 g/mol. The van der Waals surface area contributed by atoms with Gasteiger partial charge in [-0.1, -0.05) is 11.6 Å². The molecular weight excluding hydrogens is 447 g/mol. The number of benzene rings is 2. The lowest BCUT2D eigenvalue weighted by Gasteiger charge is -2.26. The Morgan fingerprint density at radius 2 is 1.97 bits per heavy atom. The SMILES string of the molecule is CC(C)(C)OC(=O)NC[C@@H]1C[C@H](F)CN1C(=O)c1ccc2nc(-c3ccc(Cl)cc3)[nH]c2c1. The molecule has 1 aliphatic rings. The fraction of sp³-hybridized carbons (Fsp3) is 0.375. The molecule has 0 spiro atoms. The second-order valence-corrected chi connectivity index (χ2v) is 9.59. The van der Waals surface area contributed by atoms with Crippen LogP contribution in [-0.2, 0) is 4.74 Å². The van der Waals surface area contributed by atoms with Crippen LogP contribution < -0.4 is 5.32 Å². The van der Waals surface area contributed by atoms with Crippen molar-refractivity contribution in [2.45, 2.75) is 45.0 Å². The van der Waals surface area contributed by atoms with Gasteiger partial charge in [-0.05, 0) is 63.2 Å². The highest BCUT2D eigenvalue weighted by molar-refractivity contribution is 6.30. The summed E-state index contributed by atoms with van der Waals surface area (Å²) in [5, 5.41) is 3.28. The van der Waals surface area contributed by atoms with E-state index in [9.17, 15) is 14.0 Å². The molecule has 1 fully saturated rings. The number of aromatic amines is 1. The minimum absolute atomic E-state index is 0.0173. The molecular formula is C24H26ClFN4O3. The van der Waals surface area contributed by atoms with Gasteiger partial charge in [-0.25, -0.2) is 14.2 Å². The van der Waals surface area contributed by atoms with Crippen molar-refractivity contribution in [2.75, 3.05) is 13.1 Å². The number of ether oxygens (including phenoxy) is 1. The largest absolute Gasteiger partial charge is 0.444 e. The second-order valence-electron chi connectivity index (χ2n) is 9.15. The molecule has 0 unspecified atom stereocenters. The van der Waals surface area contributed by atoms with Gasteiger partial charge >= 0.3 is 6.09 Å². The number of fused-ring (bicyclic) bond motifs is 1. The molecule has 4 rings (SSSR count). The van der Waals surface area contributed by atoms with E-state index >= 15 is 0 Å². The van der Waals surface area contributed by atoms with E-state index in [0.717, 1.165) is 5.56 Å². The number of H-pyrrole nitrogens is 1. The average molecular weight is 473 g/mol. The third kappa shape index (κ3) is 5.45. The molecule has 2 N–H and O–H groups in total. The average Bonchev–Trinajstić information content (AvgIpc) is 3.33. The summed E-state index contributed by atoms with van der Waals surface area (Å²) in [5.74, 6) is 0.367. The topological polar surface area (TPSA) is 87.3 Å². The van der Waals surface area contributed by atoms with Gasteiger partial charge in [0, 0.05) is 29.1 Å². The number of carbonyl (C=O) groups is 2. The Morgan fingerprint density at radius 3 is 2.67 bits per heavy atom. The summed E-state index contributed by atoms with van der Waals surface area (Å²) in [6.45, 7) is 5.39. The number of likely N-dealkylation sites (tertiary alicyclic amines) is 1. The molecule has 2 heterocycles. The van der Waals surface area contributed by atoms with Crippen LogP contribution in [0.25, 0.3) is 22.4 Å². The molecule has 9 heteroatoms. The first-order valence-electron chi connectivity index (χ1n) is 10.8. The van der Waals surface area contributed by atoms with Crippen molar-refractivity contribution >= 4 is 34.6 Å². The Morgan fingerprint density at radius 1 is 1.24 bits per heavy atom. The summed E-state index contributed by atoms with van der Waals surface area (Å²) in [7, 11) is 0. The summed E-state index contributed by atoms with van der Waals surface area (Å²) in [6, 6.07) is 12.0. The number of alkyl carbamates (subject to hydrolysis) is 1. The van der Waals surface area contributed by atoms with Gasteiger partial charge < -0.3 is 19.9 Å². The third-order valence-electron chi connectivity index (χ3n) is 5.35. The molecule has 1 aliphatic heterocycles. The third-order valence-corrected chi connectivity index (χ3v) is 5.60. The van der Waals surface area contributed by atoms with Crippen molar-refractivity contribution in [3.63, 3.8) is 0 Å². The number of nitrogens with one attached hydrogen (secondary N) is 2. The fourth-order valence-electron chi connectivity index (χ4n) is 3.87. The van der Waals surface area contributed by atoms with Gasteiger partial charge in [0.25, 0.3) is 5.91 Å². The molecule has 2 atom stereocenters. The molecule has 33 heavy (non-hydrogen) atoms. The molecule has 0 saturated carbocycles. The Hall–Kier alpha value is -3.13. The minimum Gasteiger partial charge on any atom is -0.444 e. The molecule has 174 valence electrons. The predicted octanol–water partition coefficient (Wildman–Crippen LogP) is 4.96. The van der Waals surface area contributed by atoms with Crippen LogP contribution in [0.2, 0.25) is 5.02 Å². The van der Waals surface area contributed by atoms with E-state index in [1.807, 2.05) is 12.1 Å². The van der Waals surface area contributed by atoms with Crippen molar-refractivity contribution < 1.29 is 18.7 Å². The Balaban J connectivity index is 1.50. The molecule has 0 aliphatic carbocycles. The first-order chi connectivity index (χ1) is 15.6. The van der Waals surface area contributed by atoms with Gasteiger partial charge in [0.15, 0.2) is 0 Å². The molecule has 2 amide bonds. The van der Waals surface area contributed by atoms with Crippen molar-refractivity contribution in [1.82, 2.24) is 20.2 Å². The fourth-order valence-corrected chi connectivity index (χ4v) is 4.00. The maximum absolute atomic E-state index is 14.2. The Kier molecular flexibility index (Phi) is 6.30. The number of rotatable bonds is 4. The van der Waals surface area contributed by atoms with E-state index in [1.165, 1.54) is 4.90 Å². The van der Waals surface area contributed by atoms with Crippen LogP contribution in [0.1, 0.15) is 37.6 Å². The summed E-state index contributed by atoms with van der Waals surface area (Å²) in [5.41, 5.74) is 2.07. The molecule has 0 radical (unpaired) electrons. The van der Waals surface area contributed by atoms with E-state index in [-0.39, 0.29) is 25.4 Å². The number of alkyl halides is 1. The van der Waals surface area contributed by atoms with E-state index < -0.39 is 23.9 Å². The van der Waals surface area contributed by atoms with E-state index in [0.29, 0.717) is 27.4 Å². The Labute approximate surface area is 196 Å². The molecule has 1 aromatic heterocycles. The number of halogens is 2. The number of hydrogen-bond donors (Lipinski definition) is 2. The van der Waals surface area contributed by atoms with Gasteiger partial charge in [-0.2, -0.15) is 0 Å². The first kappa shape index (κ1) is 23.0. The van der Waals surface area contributed by atoms with Crippen LogP contribution in [-0.4, -0.2) is 57.8 Å². The summed E-state index contributed by atoms with van der Waals surface area (Å²) >= 11 is 5.96. The zero-order chi connectivity index (χ0) is 23.8. The predicted molar refractivity (Wildman–Crippen MR) is 125 cm³/mol. The maximum atomic E-state index is 14.2. The van der Waals surface area contributed by atoms with E-state index in [1.54, 1.807) is 51.1 Å². The quantitative estimate of drug-likeness (QED) is 0.561. The van der Waals surface area contributed by atoms with Crippen LogP contribution in [0.15, 0.2) is 42.5 Å². The number of nitrogens with zero attached hydrogens (tertiary/aromatic N) is 2. The number of hydrogen-bond acceptors (Lipinski definition) is 4. The van der Waals surface area contributed by atoms with Gasteiger partial charge in [0.1, 0.15) is 17.6 Å². The van der Waals surface area contributed by atoms with Crippen LogP contribution in [0.4, 0.5) is 9.18 Å². The van der Waals surface area contributed by atoms with Crippen LogP contribution in [0.3, 0.4) is 0 Å². The lowest BCUT2D eigenvalue weighted by molar-refractivity contribution is 0.0501. The van der Waals surface area contributed by atoms with Gasteiger partial charge in [0.05, 0.1) is 23.6 Å². The zero-order valence-electron chi connectivity index (χ0n) is 18.7. The highest BCUT2D eigenvalue weighted by Crippen LogP contribution is 2.26. The van der Waals surface area contributed by atoms with E-state index in [2.05, 4.69) is 15.3 Å². The normalized spacial score (nSPS) is 18.5. The second kappa shape index (κ2) is 9.02. The van der Waals surface area contributed by atoms with Crippen molar-refractivity contribution in [2.24, 2.45) is 0 Å². The zero-order valence-corrected chi connectivity index (χ0v) is 19.4. The number of carbonyl (C=O) groups excluding carboxylic acids is 2. The van der Waals surface area contributed by atoms with Crippen LogP contribution in [0.5, 0.6) is 0 Å². The van der Waals surface area contributed by atoms with Gasteiger partial charge in [-0.15, -0.1) is 0 Å². The van der Waals surface area contributed by atoms with Gasteiger partial charge in [0.2, 0.25) is 0 Å². The molecule has 1 saturated heterocycles. The molecule has 2 aromatic carbocycles. The first-order valence-corrected chi connectivity index (χ1v) is 11.1. The summed E-state index contributed by atoms with van der Waals surface area (Å²) < 4.78 is 19.4. The van der Waals surface area contributed by atoms with Crippen molar-refractivity contribution in [1.29, 1.82) is 0 Å². The highest BCUT2D eigenvalue weighted by Gasteiger charge is 2.36.